The number of ether oxygens (including phenoxy) is 2. The van der Waals surface area contributed by atoms with Gasteiger partial charge in [0.15, 0.2) is 0 Å². The molecule has 0 aromatic rings. The standard InChI is InChI=1S/C42H68O8S4/c1-24(14-13-20-38(6,7)50-37(48)28(5)54-52-26(3)35(45)46)29-17-22-42(12)31-15-16-32-39(8,9)33(49-36(47)27(4)53-51-25(2)34(43)44)19-21-40(32,10)30(31)18-23-41(29,42)11/h24-29,32-33H,13-23H2,1-12H3,(H,43,44)(H,45,46)/t24-,25?,26?,27?,28?,29-,32+,33?,40-,41-,42+/m1/s1. The van der Waals surface area contributed by atoms with Gasteiger partial charge in [-0.2, -0.15) is 0 Å². The van der Waals surface area contributed by atoms with E-state index in [4.69, 9.17) is 14.6 Å². The molecule has 4 rings (SSSR count). The fraction of sp³-hybridized carbons (Fsp3) is 0.857. The lowest BCUT2D eigenvalue weighted by atomic mass is 9.43. The largest absolute Gasteiger partial charge is 0.480 e. The molecule has 8 nitrogen and oxygen atoms in total. The molecule has 0 aromatic carbocycles. The first-order valence-electron chi connectivity index (χ1n) is 20.2. The molecule has 0 heterocycles. The van der Waals surface area contributed by atoms with Crippen LogP contribution in [0.3, 0.4) is 0 Å². The number of rotatable bonds is 17. The number of hydrogen-bond acceptors (Lipinski definition) is 10. The number of esters is 2. The third-order valence-corrected chi connectivity index (χ3v) is 20.9. The van der Waals surface area contributed by atoms with Gasteiger partial charge in [0.25, 0.3) is 0 Å². The van der Waals surface area contributed by atoms with E-state index in [1.54, 1.807) is 31.9 Å². The number of fused-ring (bicyclic) bond motifs is 4. The Hall–Kier alpha value is -0.980. The summed E-state index contributed by atoms with van der Waals surface area (Å²) in [4.78, 5) is 48.5. The second-order valence-corrected chi connectivity index (χ2v) is 24.7. The molecular formula is C42H68O8S4. The summed E-state index contributed by atoms with van der Waals surface area (Å²) in [6.45, 7) is 25.6. The molecule has 5 unspecified atom stereocenters. The van der Waals surface area contributed by atoms with Crippen molar-refractivity contribution in [2.75, 3.05) is 0 Å². The highest BCUT2D eigenvalue weighted by Crippen LogP contribution is 2.72. The smallest absolute Gasteiger partial charge is 0.320 e. The van der Waals surface area contributed by atoms with Gasteiger partial charge in [-0.1, -0.05) is 102 Å². The van der Waals surface area contributed by atoms with Gasteiger partial charge in [0.05, 0.1) is 0 Å². The van der Waals surface area contributed by atoms with E-state index in [-0.39, 0.29) is 39.7 Å². The SMILES string of the molecule is CC(SSC(C)C(=O)OC1CC[C@]2(C)C3=C(CC[C@H]2C1(C)C)[C@]1(C)CC[C@H]([C@H](C)CCCC(C)(C)OC(=O)C(C)SSC(C)C(=O)O)[C@@]1(C)CC3)C(=O)O. The first kappa shape index (κ1) is 45.7. The van der Waals surface area contributed by atoms with Gasteiger partial charge in [0.1, 0.15) is 32.7 Å². The Morgan fingerprint density at radius 1 is 0.741 bits per heavy atom. The van der Waals surface area contributed by atoms with E-state index in [2.05, 4.69) is 41.5 Å². The molecule has 308 valence electrons. The molecule has 2 fully saturated rings. The van der Waals surface area contributed by atoms with Gasteiger partial charge in [-0.3, -0.25) is 19.2 Å². The third-order valence-electron chi connectivity index (χ3n) is 14.6. The summed E-state index contributed by atoms with van der Waals surface area (Å²) in [5.74, 6) is -0.667. The molecule has 2 N–H and O–H groups in total. The predicted molar refractivity (Wildman–Crippen MR) is 226 cm³/mol. The topological polar surface area (TPSA) is 127 Å². The van der Waals surface area contributed by atoms with E-state index in [0.717, 1.165) is 51.4 Å². The molecule has 0 bridgehead atoms. The summed E-state index contributed by atoms with van der Waals surface area (Å²) in [5.41, 5.74) is 3.20. The number of carbonyl (C=O) groups excluding carboxylic acids is 2. The molecule has 0 aromatic heterocycles. The van der Waals surface area contributed by atoms with Crippen molar-refractivity contribution in [2.24, 2.45) is 39.4 Å². The minimum absolute atomic E-state index is 0.0907. The van der Waals surface area contributed by atoms with Crippen LogP contribution in [0.5, 0.6) is 0 Å². The van der Waals surface area contributed by atoms with E-state index < -0.39 is 38.5 Å². The molecule has 0 saturated heterocycles. The van der Waals surface area contributed by atoms with Crippen LogP contribution in [0.25, 0.3) is 0 Å². The molecule has 2 saturated carbocycles. The summed E-state index contributed by atoms with van der Waals surface area (Å²) in [5, 5.41) is 16.4. The summed E-state index contributed by atoms with van der Waals surface area (Å²) >= 11 is 0. The first-order valence-corrected chi connectivity index (χ1v) is 24.7. The highest BCUT2D eigenvalue weighted by atomic mass is 33.1. The zero-order valence-electron chi connectivity index (χ0n) is 34.9. The van der Waals surface area contributed by atoms with E-state index >= 15 is 0 Å². The number of carbonyl (C=O) groups is 4. The van der Waals surface area contributed by atoms with Crippen LogP contribution in [0.2, 0.25) is 0 Å². The summed E-state index contributed by atoms with van der Waals surface area (Å²) < 4.78 is 12.2. The van der Waals surface area contributed by atoms with E-state index in [1.165, 1.54) is 62.4 Å². The molecule has 11 atom stereocenters. The Kier molecular flexibility index (Phi) is 14.8. The Morgan fingerprint density at radius 3 is 1.87 bits per heavy atom. The first-order chi connectivity index (χ1) is 24.9. The van der Waals surface area contributed by atoms with Crippen molar-refractivity contribution in [2.45, 2.75) is 186 Å². The number of aliphatic carboxylic acids is 2. The minimum Gasteiger partial charge on any atom is -0.480 e. The van der Waals surface area contributed by atoms with Crippen LogP contribution in [-0.2, 0) is 28.7 Å². The van der Waals surface area contributed by atoms with Gasteiger partial charge in [0.2, 0.25) is 0 Å². The monoisotopic (exact) mass is 828 g/mol. The van der Waals surface area contributed by atoms with Crippen LogP contribution in [0.4, 0.5) is 0 Å². The van der Waals surface area contributed by atoms with Crippen molar-refractivity contribution < 1.29 is 38.9 Å². The molecule has 12 heteroatoms. The molecule has 0 amide bonds. The van der Waals surface area contributed by atoms with Crippen LogP contribution < -0.4 is 0 Å². The van der Waals surface area contributed by atoms with Crippen LogP contribution in [0.15, 0.2) is 11.1 Å². The molecule has 54 heavy (non-hydrogen) atoms. The van der Waals surface area contributed by atoms with Crippen molar-refractivity contribution >= 4 is 67.1 Å². The third kappa shape index (κ3) is 9.32. The van der Waals surface area contributed by atoms with Crippen LogP contribution in [0.1, 0.15) is 154 Å². The number of carboxylic acids is 2. The Bertz CT molecular complexity index is 1450. The average Bonchev–Trinajstić information content (AvgIpc) is 3.37. The van der Waals surface area contributed by atoms with Crippen LogP contribution in [0, 0.1) is 39.4 Å². The second kappa shape index (κ2) is 17.5. The molecular weight excluding hydrogens is 761 g/mol. The lowest BCUT2D eigenvalue weighted by Crippen LogP contribution is -2.56. The maximum Gasteiger partial charge on any atom is 0.320 e. The molecule has 4 aliphatic carbocycles. The van der Waals surface area contributed by atoms with Gasteiger partial charge in [-0.25, -0.2) is 0 Å². The van der Waals surface area contributed by atoms with Crippen molar-refractivity contribution in [1.82, 2.24) is 0 Å². The highest BCUT2D eigenvalue weighted by molar-refractivity contribution is 8.77. The van der Waals surface area contributed by atoms with Gasteiger partial charge in [-0.05, 0) is 140 Å². The van der Waals surface area contributed by atoms with Gasteiger partial charge >= 0.3 is 23.9 Å². The fourth-order valence-electron chi connectivity index (χ4n) is 11.0. The average molecular weight is 829 g/mol. The molecule has 4 aliphatic rings. The van der Waals surface area contributed by atoms with Gasteiger partial charge in [-0.15, -0.1) is 0 Å². The molecule has 0 spiro atoms. The Balaban J connectivity index is 1.38. The summed E-state index contributed by atoms with van der Waals surface area (Å²) in [6.07, 6.45) is 11.7. The lowest BCUT2D eigenvalue weighted by molar-refractivity contribution is -0.168. The second-order valence-electron chi connectivity index (χ2n) is 18.8. The van der Waals surface area contributed by atoms with Gasteiger partial charge < -0.3 is 19.7 Å². The summed E-state index contributed by atoms with van der Waals surface area (Å²) in [6, 6.07) is 0. The minimum atomic E-state index is -0.886. The zero-order valence-corrected chi connectivity index (χ0v) is 38.1. The highest BCUT2D eigenvalue weighted by Gasteiger charge is 2.63. The Morgan fingerprint density at radius 2 is 1.30 bits per heavy atom. The van der Waals surface area contributed by atoms with Crippen molar-refractivity contribution in [1.29, 1.82) is 0 Å². The quantitative estimate of drug-likeness (QED) is 0.0823. The summed E-state index contributed by atoms with van der Waals surface area (Å²) in [7, 11) is 4.95. The Labute approximate surface area is 341 Å². The number of allylic oxidation sites excluding steroid dienone is 2. The maximum absolute atomic E-state index is 13.2. The van der Waals surface area contributed by atoms with Crippen molar-refractivity contribution in [3.05, 3.63) is 11.1 Å². The van der Waals surface area contributed by atoms with E-state index in [1.807, 2.05) is 20.8 Å². The normalized spacial score (nSPS) is 33.3. The van der Waals surface area contributed by atoms with Gasteiger partial charge in [0, 0.05) is 5.41 Å². The van der Waals surface area contributed by atoms with Crippen molar-refractivity contribution in [3.8, 4) is 0 Å². The van der Waals surface area contributed by atoms with E-state index in [0.29, 0.717) is 17.8 Å². The van der Waals surface area contributed by atoms with Crippen molar-refractivity contribution in [3.63, 3.8) is 0 Å². The maximum atomic E-state index is 13.2. The zero-order chi connectivity index (χ0) is 40.6. The number of hydrogen-bond donors (Lipinski definition) is 2. The number of carboxylic acid groups (broad SMARTS) is 2. The predicted octanol–water partition coefficient (Wildman–Crippen LogP) is 11.3. The molecule has 0 aliphatic heterocycles. The fourth-order valence-corrected chi connectivity index (χ4v) is 15.1. The lowest BCUT2D eigenvalue weighted by Gasteiger charge is -2.62. The molecule has 0 radical (unpaired) electrons. The van der Waals surface area contributed by atoms with E-state index in [9.17, 15) is 24.3 Å². The van der Waals surface area contributed by atoms with Crippen LogP contribution in [-0.4, -0.2) is 66.8 Å². The van der Waals surface area contributed by atoms with Crippen LogP contribution >= 0.6 is 43.2 Å².